The van der Waals surface area contributed by atoms with Crippen molar-refractivity contribution in [2.75, 3.05) is 4.72 Å². The van der Waals surface area contributed by atoms with Crippen LogP contribution in [0.2, 0.25) is 5.02 Å². The van der Waals surface area contributed by atoms with Crippen LogP contribution in [0.15, 0.2) is 34.5 Å². The maximum atomic E-state index is 12.2. The first-order valence-corrected chi connectivity index (χ1v) is 8.91. The first kappa shape index (κ1) is 15.0. The quantitative estimate of drug-likeness (QED) is 0.733. The molecule has 8 heteroatoms. The SMILES string of the molecule is O=S(=O)(Nc1ccc(Cl)cc1I)c1ccsc1CO. The van der Waals surface area contributed by atoms with Gasteiger partial charge in [-0.25, -0.2) is 8.42 Å². The van der Waals surface area contributed by atoms with Gasteiger partial charge < -0.3 is 5.11 Å². The van der Waals surface area contributed by atoms with E-state index in [-0.39, 0.29) is 11.5 Å². The number of hydrogen-bond acceptors (Lipinski definition) is 4. The normalized spacial score (nSPS) is 11.5. The molecule has 1 aromatic carbocycles. The molecule has 2 aromatic rings. The van der Waals surface area contributed by atoms with E-state index >= 15 is 0 Å². The number of aliphatic hydroxyl groups is 1. The third kappa shape index (κ3) is 3.40. The van der Waals surface area contributed by atoms with E-state index in [1.165, 1.54) is 17.4 Å². The standard InChI is InChI=1S/C11H9ClINO3S2/c12-7-1-2-9(8(13)5-7)14-19(16,17)11-3-4-18-10(11)6-15/h1-5,14-15H,6H2. The molecule has 0 aliphatic rings. The van der Waals surface area contributed by atoms with Crippen LogP contribution < -0.4 is 4.72 Å². The molecular formula is C11H9ClINO3S2. The third-order valence-electron chi connectivity index (χ3n) is 2.31. The molecule has 0 bridgehead atoms. The Morgan fingerprint density at radius 3 is 2.74 bits per heavy atom. The van der Waals surface area contributed by atoms with Crippen LogP contribution in [0.4, 0.5) is 5.69 Å². The summed E-state index contributed by atoms with van der Waals surface area (Å²) < 4.78 is 27.7. The molecule has 2 rings (SSSR count). The molecule has 0 atom stereocenters. The fourth-order valence-corrected chi connectivity index (χ4v) is 5.02. The van der Waals surface area contributed by atoms with Gasteiger partial charge in [-0.2, -0.15) is 0 Å². The lowest BCUT2D eigenvalue weighted by Gasteiger charge is -2.10. The molecule has 0 amide bonds. The Morgan fingerprint density at radius 2 is 2.11 bits per heavy atom. The van der Waals surface area contributed by atoms with Crippen molar-refractivity contribution in [2.24, 2.45) is 0 Å². The summed E-state index contributed by atoms with van der Waals surface area (Å²) in [5.41, 5.74) is 0.458. The summed E-state index contributed by atoms with van der Waals surface area (Å²) in [6, 6.07) is 6.36. The predicted molar refractivity (Wildman–Crippen MR) is 85.2 cm³/mol. The fourth-order valence-electron chi connectivity index (χ4n) is 1.46. The Bertz CT molecular complexity index is 700. The van der Waals surface area contributed by atoms with Crippen molar-refractivity contribution >= 4 is 61.2 Å². The second-order valence-corrected chi connectivity index (χ2v) is 7.85. The Labute approximate surface area is 133 Å². The minimum Gasteiger partial charge on any atom is -0.391 e. The van der Waals surface area contributed by atoms with E-state index in [0.717, 1.165) is 0 Å². The number of thiophene rings is 1. The number of sulfonamides is 1. The van der Waals surface area contributed by atoms with Gasteiger partial charge in [0.2, 0.25) is 0 Å². The van der Waals surface area contributed by atoms with Crippen molar-refractivity contribution < 1.29 is 13.5 Å². The number of nitrogens with one attached hydrogen (secondary N) is 1. The summed E-state index contributed by atoms with van der Waals surface area (Å²) in [6.45, 7) is -0.300. The molecule has 1 aromatic heterocycles. The van der Waals surface area contributed by atoms with E-state index in [9.17, 15) is 8.42 Å². The summed E-state index contributed by atoms with van der Waals surface area (Å²) in [5, 5.41) is 11.3. The molecule has 0 aliphatic heterocycles. The van der Waals surface area contributed by atoms with Gasteiger partial charge in [0.05, 0.1) is 17.2 Å². The van der Waals surface area contributed by atoms with Gasteiger partial charge in [0.25, 0.3) is 10.0 Å². The maximum Gasteiger partial charge on any atom is 0.263 e. The minimum atomic E-state index is -3.70. The van der Waals surface area contributed by atoms with Crippen LogP contribution in [0.1, 0.15) is 4.88 Å². The van der Waals surface area contributed by atoms with Gasteiger partial charge in [-0.15, -0.1) is 11.3 Å². The van der Waals surface area contributed by atoms with Crippen LogP contribution in [-0.2, 0) is 16.6 Å². The molecule has 102 valence electrons. The lowest BCUT2D eigenvalue weighted by Crippen LogP contribution is -2.14. The number of hydrogen-bond donors (Lipinski definition) is 2. The van der Waals surface area contributed by atoms with Gasteiger partial charge in [0.15, 0.2) is 0 Å². The molecule has 0 saturated heterocycles. The number of benzene rings is 1. The van der Waals surface area contributed by atoms with Crippen LogP contribution in [0, 0.1) is 3.57 Å². The van der Waals surface area contributed by atoms with E-state index in [0.29, 0.717) is 19.2 Å². The second-order valence-electron chi connectivity index (χ2n) is 3.60. The number of aliphatic hydroxyl groups excluding tert-OH is 1. The van der Waals surface area contributed by atoms with Crippen molar-refractivity contribution in [1.29, 1.82) is 0 Å². The number of anilines is 1. The molecule has 19 heavy (non-hydrogen) atoms. The van der Waals surface area contributed by atoms with Gasteiger partial charge >= 0.3 is 0 Å². The summed E-state index contributed by atoms with van der Waals surface area (Å²) in [7, 11) is -3.70. The highest BCUT2D eigenvalue weighted by atomic mass is 127. The van der Waals surface area contributed by atoms with E-state index in [2.05, 4.69) is 4.72 Å². The highest BCUT2D eigenvalue weighted by Gasteiger charge is 2.20. The summed E-state index contributed by atoms with van der Waals surface area (Å²) in [6.07, 6.45) is 0. The van der Waals surface area contributed by atoms with Crippen molar-refractivity contribution in [2.45, 2.75) is 11.5 Å². The average molecular weight is 430 g/mol. The molecule has 0 saturated carbocycles. The molecule has 1 heterocycles. The van der Waals surface area contributed by atoms with Gasteiger partial charge in [-0.05, 0) is 52.2 Å². The second kappa shape index (κ2) is 5.96. The van der Waals surface area contributed by atoms with Crippen molar-refractivity contribution in [3.8, 4) is 0 Å². The smallest absolute Gasteiger partial charge is 0.263 e. The van der Waals surface area contributed by atoms with Crippen molar-refractivity contribution in [3.63, 3.8) is 0 Å². The first-order chi connectivity index (χ1) is 8.94. The molecular weight excluding hydrogens is 421 g/mol. The zero-order chi connectivity index (χ0) is 14.0. The summed E-state index contributed by atoms with van der Waals surface area (Å²) in [4.78, 5) is 0.516. The Kier molecular flexibility index (Phi) is 4.72. The molecule has 0 aliphatic carbocycles. The molecule has 0 spiro atoms. The van der Waals surface area contributed by atoms with Crippen LogP contribution in [0.5, 0.6) is 0 Å². The first-order valence-electron chi connectivity index (χ1n) is 5.09. The third-order valence-corrected chi connectivity index (χ3v) is 5.93. The Morgan fingerprint density at radius 1 is 1.37 bits per heavy atom. The predicted octanol–water partition coefficient (Wildman–Crippen LogP) is 3.30. The maximum absolute atomic E-state index is 12.2. The highest BCUT2D eigenvalue weighted by Crippen LogP contribution is 2.27. The minimum absolute atomic E-state index is 0.103. The van der Waals surface area contributed by atoms with E-state index in [4.69, 9.17) is 16.7 Å². The average Bonchev–Trinajstić information content (AvgIpc) is 2.82. The Hall–Kier alpha value is -0.350. The van der Waals surface area contributed by atoms with Gasteiger partial charge in [-0.1, -0.05) is 11.6 Å². The van der Waals surface area contributed by atoms with Crippen molar-refractivity contribution in [3.05, 3.63) is 43.1 Å². The number of halogens is 2. The van der Waals surface area contributed by atoms with Crippen LogP contribution in [0.3, 0.4) is 0 Å². The highest BCUT2D eigenvalue weighted by molar-refractivity contribution is 14.1. The monoisotopic (exact) mass is 429 g/mol. The Balaban J connectivity index is 2.37. The van der Waals surface area contributed by atoms with E-state index in [1.807, 2.05) is 22.6 Å². The zero-order valence-corrected chi connectivity index (χ0v) is 14.0. The van der Waals surface area contributed by atoms with Gasteiger partial charge in [-0.3, -0.25) is 4.72 Å². The van der Waals surface area contributed by atoms with Crippen LogP contribution >= 0.6 is 45.5 Å². The molecule has 4 nitrogen and oxygen atoms in total. The summed E-state index contributed by atoms with van der Waals surface area (Å²) in [5.74, 6) is 0. The molecule has 0 unspecified atom stereocenters. The summed E-state index contributed by atoms with van der Waals surface area (Å²) >= 11 is 9.03. The van der Waals surface area contributed by atoms with Gasteiger partial charge in [0, 0.05) is 8.59 Å². The van der Waals surface area contributed by atoms with E-state index in [1.54, 1.807) is 23.6 Å². The zero-order valence-electron chi connectivity index (χ0n) is 9.43. The van der Waals surface area contributed by atoms with Crippen LogP contribution in [0.25, 0.3) is 0 Å². The topological polar surface area (TPSA) is 66.4 Å². The molecule has 2 N–H and O–H groups in total. The lowest BCUT2D eigenvalue weighted by molar-refractivity contribution is 0.282. The largest absolute Gasteiger partial charge is 0.391 e. The van der Waals surface area contributed by atoms with Crippen molar-refractivity contribution in [1.82, 2.24) is 0 Å². The van der Waals surface area contributed by atoms with Gasteiger partial charge in [0.1, 0.15) is 4.90 Å². The lowest BCUT2D eigenvalue weighted by atomic mass is 10.3. The van der Waals surface area contributed by atoms with Crippen LogP contribution in [-0.4, -0.2) is 13.5 Å². The molecule has 0 fully saturated rings. The van der Waals surface area contributed by atoms with E-state index < -0.39 is 10.0 Å². The molecule has 0 radical (unpaired) electrons. The number of rotatable bonds is 4. The fraction of sp³-hybridized carbons (Fsp3) is 0.0909.